The molecule has 2 radical (unpaired) electrons. The third-order valence-electron chi connectivity index (χ3n) is 5.17. The fourth-order valence-electron chi connectivity index (χ4n) is 3.45. The van der Waals surface area contributed by atoms with Crippen molar-refractivity contribution in [1.82, 2.24) is 4.90 Å². The largest absolute Gasteiger partial charge is 0.480 e. The minimum Gasteiger partial charge on any atom is -0.480 e. The average Bonchev–Trinajstić information content (AvgIpc) is 2.51. The van der Waals surface area contributed by atoms with Crippen LogP contribution in [0.25, 0.3) is 0 Å². The summed E-state index contributed by atoms with van der Waals surface area (Å²) in [6.45, 7) is 6.86. The highest BCUT2D eigenvalue weighted by atomic mass is 16.4. The van der Waals surface area contributed by atoms with Crippen LogP contribution in [0, 0.1) is 5.41 Å². The number of hydrogen-bond donors (Lipinski definition) is 1. The molecule has 0 aromatic rings. The molecule has 3 nitrogen and oxygen atoms in total. The van der Waals surface area contributed by atoms with E-state index in [0.29, 0.717) is 0 Å². The van der Waals surface area contributed by atoms with Crippen LogP contribution < -0.4 is 0 Å². The van der Waals surface area contributed by atoms with E-state index in [0.717, 1.165) is 6.42 Å². The number of carboxylic acids is 1. The number of carbonyl (C=O) groups is 1. The molecule has 140 valence electrons. The molecule has 0 fully saturated rings. The fourth-order valence-corrected chi connectivity index (χ4v) is 3.45. The Balaban J connectivity index is 4.49. The van der Waals surface area contributed by atoms with Crippen molar-refractivity contribution < 1.29 is 9.90 Å². The molecule has 1 N–H and O–H groups in total. The Bertz CT molecular complexity index is 325. The van der Waals surface area contributed by atoms with E-state index in [2.05, 4.69) is 20.8 Å². The number of carboxylic acid groups (broad SMARTS) is 1. The van der Waals surface area contributed by atoms with Gasteiger partial charge in [0.15, 0.2) is 0 Å². The van der Waals surface area contributed by atoms with E-state index >= 15 is 0 Å². The maximum atomic E-state index is 10.9. The predicted octanol–water partition coefficient (Wildman–Crippen LogP) is 5.22. The number of rotatable bonds is 16. The molecule has 0 heterocycles. The summed E-state index contributed by atoms with van der Waals surface area (Å²) in [5.41, 5.74) is 0.228. The Kier molecular flexibility index (Phi) is 13.5. The summed E-state index contributed by atoms with van der Waals surface area (Å²) in [5.74, 6) is -0.981. The van der Waals surface area contributed by atoms with Gasteiger partial charge in [-0.2, -0.15) is 0 Å². The lowest BCUT2D eigenvalue weighted by molar-refractivity contribution is -0.138. The highest BCUT2D eigenvalue weighted by Gasteiger charge is 2.27. The maximum absolute atomic E-state index is 10.9. The van der Waals surface area contributed by atoms with E-state index in [4.69, 9.17) is 13.0 Å². The average molecular weight is 337 g/mol. The van der Waals surface area contributed by atoms with Gasteiger partial charge in [-0.3, -0.25) is 4.79 Å². The van der Waals surface area contributed by atoms with Gasteiger partial charge in [0.2, 0.25) is 0 Å². The van der Waals surface area contributed by atoms with Crippen LogP contribution in [0.5, 0.6) is 0 Å². The van der Waals surface area contributed by atoms with Crippen LogP contribution in [0.3, 0.4) is 0 Å². The Morgan fingerprint density at radius 2 is 1.46 bits per heavy atom. The topological polar surface area (TPSA) is 40.5 Å². The maximum Gasteiger partial charge on any atom is 0.317 e. The van der Waals surface area contributed by atoms with E-state index in [-0.39, 0.29) is 17.9 Å². The smallest absolute Gasteiger partial charge is 0.317 e. The molecular formula is C20H40BNO2. The van der Waals surface area contributed by atoms with Crippen molar-refractivity contribution in [2.24, 2.45) is 5.41 Å². The third kappa shape index (κ3) is 11.9. The normalized spacial score (nSPS) is 15.4. The van der Waals surface area contributed by atoms with Crippen molar-refractivity contribution in [3.63, 3.8) is 0 Å². The monoisotopic (exact) mass is 337 g/mol. The van der Waals surface area contributed by atoms with Gasteiger partial charge >= 0.3 is 5.97 Å². The summed E-state index contributed by atoms with van der Waals surface area (Å²) in [6, 6.07) is 0. The van der Waals surface area contributed by atoms with E-state index in [1.54, 1.807) is 4.90 Å². The molecule has 2 atom stereocenters. The Morgan fingerprint density at radius 1 is 1.00 bits per heavy atom. The molecule has 0 aliphatic heterocycles. The number of aliphatic carboxylic acids is 1. The zero-order valence-corrected chi connectivity index (χ0v) is 16.6. The minimum absolute atomic E-state index is 0.0174. The molecule has 4 heteroatoms. The quantitative estimate of drug-likeness (QED) is 0.310. The van der Waals surface area contributed by atoms with Crippen LogP contribution in [0.2, 0.25) is 0 Å². The van der Waals surface area contributed by atoms with Crippen molar-refractivity contribution in [3.05, 3.63) is 0 Å². The van der Waals surface area contributed by atoms with Crippen molar-refractivity contribution in [2.75, 3.05) is 13.6 Å². The molecule has 24 heavy (non-hydrogen) atoms. The van der Waals surface area contributed by atoms with Crippen LogP contribution in [0.1, 0.15) is 97.8 Å². The number of hydrogen-bond acceptors (Lipinski definition) is 2. The van der Waals surface area contributed by atoms with Crippen molar-refractivity contribution in [1.29, 1.82) is 0 Å². The lowest BCUT2D eigenvalue weighted by atomic mass is 9.71. The molecule has 0 bridgehead atoms. The zero-order chi connectivity index (χ0) is 18.4. The number of likely N-dealkylation sites (N-methyl/N-ethyl adjacent to an activating group) is 1. The van der Waals surface area contributed by atoms with Crippen LogP contribution in [0.15, 0.2) is 0 Å². The van der Waals surface area contributed by atoms with Crippen LogP contribution in [0.4, 0.5) is 0 Å². The molecule has 0 saturated heterocycles. The van der Waals surface area contributed by atoms with E-state index in [1.165, 1.54) is 70.6 Å². The van der Waals surface area contributed by atoms with Gasteiger partial charge in [0.25, 0.3) is 0 Å². The molecule has 2 unspecified atom stereocenters. The lowest BCUT2D eigenvalue weighted by Gasteiger charge is -2.36. The molecule has 0 spiro atoms. The summed E-state index contributed by atoms with van der Waals surface area (Å²) in [6.07, 6.45) is 14.9. The highest BCUT2D eigenvalue weighted by molar-refractivity contribution is 6.11. The summed E-state index contributed by atoms with van der Waals surface area (Å²) in [5, 5.41) is 8.96. The standard InChI is InChI=1S/C20H40BNO2/c1-5-7-9-11-13-15-20(3,14-12-10-8-6-2)16-18(21)22(4)17-19(23)24/h18H,5-17H2,1-4H3,(H,23,24). The SMILES string of the molecule is [B]C(CC(C)(CCCCCC)CCCCCCC)N(C)CC(=O)O. The third-order valence-corrected chi connectivity index (χ3v) is 5.17. The second-order valence-electron chi connectivity index (χ2n) is 7.87. The first kappa shape index (κ1) is 23.5. The second kappa shape index (κ2) is 13.7. The second-order valence-corrected chi connectivity index (χ2v) is 7.87. The molecule has 0 rings (SSSR count). The van der Waals surface area contributed by atoms with Gasteiger partial charge in [-0.1, -0.05) is 78.6 Å². The van der Waals surface area contributed by atoms with Crippen LogP contribution in [-0.4, -0.2) is 43.4 Å². The van der Waals surface area contributed by atoms with Gasteiger partial charge in [0, 0.05) is 0 Å². The van der Waals surface area contributed by atoms with Gasteiger partial charge in [-0.25, -0.2) is 0 Å². The van der Waals surface area contributed by atoms with E-state index < -0.39 is 5.97 Å². The van der Waals surface area contributed by atoms with Crippen molar-refractivity contribution in [2.45, 2.75) is 104 Å². The van der Waals surface area contributed by atoms with E-state index in [1.807, 2.05) is 7.05 Å². The summed E-state index contributed by atoms with van der Waals surface area (Å²) in [7, 11) is 8.11. The van der Waals surface area contributed by atoms with Crippen LogP contribution in [-0.2, 0) is 4.79 Å². The lowest BCUT2D eigenvalue weighted by Crippen LogP contribution is -2.39. The highest BCUT2D eigenvalue weighted by Crippen LogP contribution is 2.36. The first-order valence-electron chi connectivity index (χ1n) is 10.0. The van der Waals surface area contributed by atoms with Gasteiger partial charge in [0.05, 0.1) is 14.4 Å². The first-order valence-corrected chi connectivity index (χ1v) is 10.0. The fraction of sp³-hybridized carbons (Fsp3) is 0.950. The summed E-state index contributed by atoms with van der Waals surface area (Å²) < 4.78 is 0. The molecule has 0 saturated carbocycles. The van der Waals surface area contributed by atoms with Gasteiger partial charge in [0.1, 0.15) is 0 Å². The molecule has 0 aliphatic rings. The Labute approximate surface area is 152 Å². The summed E-state index contributed by atoms with van der Waals surface area (Å²) in [4.78, 5) is 12.7. The van der Waals surface area contributed by atoms with Gasteiger partial charge in [-0.15, -0.1) is 0 Å². The van der Waals surface area contributed by atoms with Crippen LogP contribution >= 0.6 is 0 Å². The van der Waals surface area contributed by atoms with E-state index in [9.17, 15) is 4.79 Å². The molecular weight excluding hydrogens is 297 g/mol. The first-order chi connectivity index (χ1) is 11.3. The predicted molar refractivity (Wildman–Crippen MR) is 105 cm³/mol. The van der Waals surface area contributed by atoms with Crippen molar-refractivity contribution in [3.8, 4) is 0 Å². The summed E-state index contributed by atoms with van der Waals surface area (Å²) >= 11 is 0. The van der Waals surface area contributed by atoms with Gasteiger partial charge < -0.3 is 10.0 Å². The molecule has 0 aromatic carbocycles. The Morgan fingerprint density at radius 3 is 1.92 bits per heavy atom. The van der Waals surface area contributed by atoms with Gasteiger partial charge in [-0.05, 0) is 37.7 Å². The number of nitrogens with zero attached hydrogens (tertiary/aromatic N) is 1. The number of unbranched alkanes of at least 4 members (excludes halogenated alkanes) is 7. The van der Waals surface area contributed by atoms with Crippen molar-refractivity contribution >= 4 is 13.8 Å². The minimum atomic E-state index is -0.808. The molecule has 0 aromatic heterocycles. The molecule has 0 aliphatic carbocycles. The zero-order valence-electron chi connectivity index (χ0n) is 16.6. The molecule has 0 amide bonds. The Hall–Kier alpha value is -0.505.